The van der Waals surface area contributed by atoms with Crippen molar-refractivity contribution in [3.05, 3.63) is 95.2 Å². The van der Waals surface area contributed by atoms with Gasteiger partial charge in [0, 0.05) is 18.0 Å². The van der Waals surface area contributed by atoms with Gasteiger partial charge in [0.25, 0.3) is 0 Å². The Hall–Kier alpha value is -3.76. The first-order chi connectivity index (χ1) is 18.1. The lowest BCUT2D eigenvalue weighted by Gasteiger charge is -2.30. The largest absolute Gasteiger partial charge is 0.494 e. The third-order valence-electron chi connectivity index (χ3n) is 7.69. The van der Waals surface area contributed by atoms with Crippen LogP contribution in [0.1, 0.15) is 68.9 Å². The average molecular weight is 497 g/mol. The normalized spacial score (nSPS) is 23.1. The number of benzene rings is 1. The zero-order valence-electron chi connectivity index (χ0n) is 21.6. The molecular formula is C31H36N4O2. The van der Waals surface area contributed by atoms with E-state index >= 15 is 0 Å². The number of carbonyl (C=O) groups excluding carboxylic acids is 1. The fourth-order valence-corrected chi connectivity index (χ4v) is 5.45. The minimum Gasteiger partial charge on any atom is -0.494 e. The molecule has 5 rings (SSSR count). The van der Waals surface area contributed by atoms with Crippen LogP contribution in [0, 0.1) is 5.92 Å². The molecule has 0 spiro atoms. The number of carbonyl (C=O) groups is 1. The van der Waals surface area contributed by atoms with Gasteiger partial charge in [-0.1, -0.05) is 49.1 Å². The molecule has 1 aromatic rings. The number of nitrogens with zero attached hydrogens (tertiary/aromatic N) is 2. The number of hydrogen-bond acceptors (Lipinski definition) is 4. The zero-order valence-corrected chi connectivity index (χ0v) is 21.6. The quantitative estimate of drug-likeness (QED) is 0.424. The maximum atomic E-state index is 13.0. The van der Waals surface area contributed by atoms with Crippen LogP contribution in [-0.4, -0.2) is 30.0 Å². The second-order valence-corrected chi connectivity index (χ2v) is 10.2. The highest BCUT2D eigenvalue weighted by atomic mass is 16.5. The van der Waals surface area contributed by atoms with Crippen molar-refractivity contribution in [1.82, 2.24) is 15.6 Å². The topological polar surface area (TPSA) is 66.0 Å². The second kappa shape index (κ2) is 11.5. The van der Waals surface area contributed by atoms with Crippen molar-refractivity contribution in [2.24, 2.45) is 11.0 Å². The van der Waals surface area contributed by atoms with Gasteiger partial charge in [-0.05, 0) is 86.1 Å². The Balaban J connectivity index is 1.19. The minimum absolute atomic E-state index is 0.140. The third kappa shape index (κ3) is 6.15. The van der Waals surface area contributed by atoms with E-state index in [0.717, 1.165) is 59.2 Å². The van der Waals surface area contributed by atoms with Crippen LogP contribution >= 0.6 is 0 Å². The van der Waals surface area contributed by atoms with Crippen LogP contribution in [0.25, 0.3) is 5.57 Å². The van der Waals surface area contributed by atoms with Crippen molar-refractivity contribution >= 4 is 17.5 Å². The number of hydrogen-bond donors (Lipinski definition) is 2. The van der Waals surface area contributed by atoms with Crippen molar-refractivity contribution in [3.8, 4) is 0 Å². The molecular weight excluding hydrogens is 460 g/mol. The average Bonchev–Trinajstić information content (AvgIpc) is 2.91. The summed E-state index contributed by atoms with van der Waals surface area (Å²) in [5, 5.41) is 6.86. The lowest BCUT2D eigenvalue weighted by molar-refractivity contribution is 0.140. The van der Waals surface area contributed by atoms with Gasteiger partial charge in [-0.3, -0.25) is 10.3 Å². The molecule has 1 aromatic carbocycles. The predicted molar refractivity (Wildman–Crippen MR) is 148 cm³/mol. The molecule has 0 bridgehead atoms. The lowest BCUT2D eigenvalue weighted by atomic mass is 9.77. The standard InChI is InChI=1S/C31H36N4O2/c1-22(8-17-30-23(2)37-19-18-35(30)31(36)33-28-6-4-3-5-7-28)25-13-15-27(16-14-25)26-11-9-24(10-12-26)20-29-21-32-34-29/h4,6-8,13-17,24,26,34H,1,3,5,9-12,18-20H2,2H3,(H,33,36). The van der Waals surface area contributed by atoms with Crippen molar-refractivity contribution in [2.45, 2.75) is 57.8 Å². The van der Waals surface area contributed by atoms with E-state index in [1.165, 1.54) is 31.2 Å². The highest BCUT2D eigenvalue weighted by Gasteiger charge is 2.25. The molecule has 2 aliphatic heterocycles. The van der Waals surface area contributed by atoms with E-state index in [4.69, 9.17) is 4.74 Å². The summed E-state index contributed by atoms with van der Waals surface area (Å²) in [5.41, 5.74) is 9.16. The molecule has 0 aromatic heterocycles. The van der Waals surface area contributed by atoms with E-state index in [-0.39, 0.29) is 6.03 Å². The molecule has 2 aliphatic carbocycles. The highest BCUT2D eigenvalue weighted by Crippen LogP contribution is 2.38. The van der Waals surface area contributed by atoms with Gasteiger partial charge in [0.15, 0.2) is 0 Å². The van der Waals surface area contributed by atoms with E-state index in [0.29, 0.717) is 19.1 Å². The summed E-state index contributed by atoms with van der Waals surface area (Å²) in [6.45, 7) is 7.17. The monoisotopic (exact) mass is 496 g/mol. The Morgan fingerprint density at radius 2 is 2.03 bits per heavy atom. The van der Waals surface area contributed by atoms with Crippen molar-refractivity contribution in [2.75, 3.05) is 13.2 Å². The molecule has 6 nitrogen and oxygen atoms in total. The molecule has 0 radical (unpaired) electrons. The molecule has 4 aliphatic rings. The second-order valence-electron chi connectivity index (χ2n) is 10.2. The van der Waals surface area contributed by atoms with Crippen LogP contribution in [0.5, 0.6) is 0 Å². The minimum atomic E-state index is -0.140. The summed E-state index contributed by atoms with van der Waals surface area (Å²) >= 11 is 0. The maximum Gasteiger partial charge on any atom is 0.326 e. The van der Waals surface area contributed by atoms with Crippen LogP contribution in [-0.2, 0) is 4.74 Å². The molecule has 2 heterocycles. The number of allylic oxidation sites excluding steroid dienone is 8. The van der Waals surface area contributed by atoms with E-state index in [1.807, 2.05) is 25.2 Å². The van der Waals surface area contributed by atoms with Gasteiger partial charge in [0.1, 0.15) is 12.4 Å². The molecule has 6 heteroatoms. The van der Waals surface area contributed by atoms with Crippen LogP contribution in [0.15, 0.2) is 89.2 Å². The Morgan fingerprint density at radius 3 is 2.70 bits per heavy atom. The fraction of sp³-hybridized carbons (Fsp3) is 0.387. The van der Waals surface area contributed by atoms with Gasteiger partial charge < -0.3 is 10.1 Å². The van der Waals surface area contributed by atoms with Gasteiger partial charge in [0.2, 0.25) is 0 Å². The molecule has 1 fully saturated rings. The summed E-state index contributed by atoms with van der Waals surface area (Å²) in [6.07, 6.45) is 18.0. The van der Waals surface area contributed by atoms with Crippen LogP contribution < -0.4 is 10.7 Å². The smallest absolute Gasteiger partial charge is 0.326 e. The van der Waals surface area contributed by atoms with Gasteiger partial charge in [0.05, 0.1) is 17.9 Å². The van der Waals surface area contributed by atoms with Crippen molar-refractivity contribution in [1.29, 1.82) is 0 Å². The van der Waals surface area contributed by atoms with E-state index in [9.17, 15) is 4.79 Å². The van der Waals surface area contributed by atoms with Crippen LogP contribution in [0.2, 0.25) is 0 Å². The Kier molecular flexibility index (Phi) is 7.76. The Bertz CT molecular complexity index is 1220. The molecule has 37 heavy (non-hydrogen) atoms. The number of ether oxygens (including phenoxy) is 1. The maximum absolute atomic E-state index is 13.0. The fourth-order valence-electron chi connectivity index (χ4n) is 5.45. The SMILES string of the molecule is C=C(C=CC1=C(C)OCCN1C(=O)NC1=CCCC=C1)c1ccc(C2CCC(CC3=C=NN3)CC2)cc1. The van der Waals surface area contributed by atoms with E-state index in [2.05, 4.69) is 64.7 Å². The summed E-state index contributed by atoms with van der Waals surface area (Å²) < 4.78 is 5.76. The summed E-state index contributed by atoms with van der Waals surface area (Å²) in [7, 11) is 0. The molecule has 192 valence electrons. The van der Waals surface area contributed by atoms with Crippen molar-refractivity contribution < 1.29 is 9.53 Å². The predicted octanol–water partition coefficient (Wildman–Crippen LogP) is 6.50. The summed E-state index contributed by atoms with van der Waals surface area (Å²) in [6, 6.07) is 8.69. The number of amides is 2. The van der Waals surface area contributed by atoms with Gasteiger partial charge in [-0.15, -0.1) is 5.10 Å². The molecule has 0 saturated heterocycles. The first-order valence-electron chi connectivity index (χ1n) is 13.4. The number of rotatable bonds is 7. The first-order valence-corrected chi connectivity index (χ1v) is 13.4. The van der Waals surface area contributed by atoms with Gasteiger partial charge in [-0.25, -0.2) is 4.79 Å². The number of nitrogens with one attached hydrogen (secondary N) is 2. The van der Waals surface area contributed by atoms with E-state index < -0.39 is 0 Å². The highest BCUT2D eigenvalue weighted by molar-refractivity contribution is 5.80. The molecule has 1 saturated carbocycles. The lowest BCUT2D eigenvalue weighted by Crippen LogP contribution is -2.42. The Labute approximate surface area is 219 Å². The molecule has 2 N–H and O–H groups in total. The van der Waals surface area contributed by atoms with Gasteiger partial charge in [-0.2, -0.15) is 0 Å². The summed E-state index contributed by atoms with van der Waals surface area (Å²) in [4.78, 5) is 14.7. The molecule has 0 atom stereocenters. The van der Waals surface area contributed by atoms with Crippen LogP contribution in [0.3, 0.4) is 0 Å². The first kappa shape index (κ1) is 24.9. The van der Waals surface area contributed by atoms with Gasteiger partial charge >= 0.3 is 6.03 Å². The summed E-state index contributed by atoms with van der Waals surface area (Å²) in [5.74, 6) is 5.09. The van der Waals surface area contributed by atoms with Crippen LogP contribution in [0.4, 0.5) is 4.79 Å². The number of hydrazone groups is 1. The number of urea groups is 1. The Morgan fingerprint density at radius 1 is 1.24 bits per heavy atom. The third-order valence-corrected chi connectivity index (χ3v) is 7.69. The molecule has 2 amide bonds. The molecule has 0 unspecified atom stereocenters. The van der Waals surface area contributed by atoms with E-state index in [1.54, 1.807) is 4.90 Å². The van der Waals surface area contributed by atoms with Crippen molar-refractivity contribution in [3.63, 3.8) is 0 Å². The zero-order chi connectivity index (χ0) is 25.6.